The van der Waals surface area contributed by atoms with Gasteiger partial charge in [-0.2, -0.15) is 9.97 Å². The number of nitrogens with two attached hydrogens (primary N) is 1. The first kappa shape index (κ1) is 29.1. The first-order valence-corrected chi connectivity index (χ1v) is 13.9. The average Bonchev–Trinajstić information content (AvgIpc) is 3.52. The number of nitrogens with zero attached hydrogens (tertiary/aromatic N) is 5. The number of carbonyl (C=O) groups excluding carboxylic acids is 2. The molecule has 1 fully saturated rings. The van der Waals surface area contributed by atoms with E-state index in [1.54, 1.807) is 4.57 Å². The molecule has 3 heterocycles. The number of fused-ring (bicyclic) bond motifs is 1. The largest absolute Gasteiger partial charge is 0.469 e. The van der Waals surface area contributed by atoms with E-state index >= 15 is 0 Å². The van der Waals surface area contributed by atoms with Crippen LogP contribution in [0.25, 0.3) is 11.2 Å². The monoisotopic (exact) mass is 553 g/mol. The molecule has 0 bridgehead atoms. The molecule has 1 atom stereocenters. The van der Waals surface area contributed by atoms with Crippen molar-refractivity contribution < 1.29 is 19.1 Å². The van der Waals surface area contributed by atoms with Crippen LogP contribution < -0.4 is 16.2 Å². The Balaban J connectivity index is 1.41. The van der Waals surface area contributed by atoms with Crippen molar-refractivity contribution in [3.8, 4) is 6.01 Å². The molecule has 216 valence electrons. The lowest BCUT2D eigenvalue weighted by Crippen LogP contribution is -2.40. The molecule has 1 aliphatic rings. The summed E-state index contributed by atoms with van der Waals surface area (Å²) < 4.78 is 12.0. The number of likely N-dealkylation sites (tertiary alicyclic amines) is 1. The molecule has 0 spiro atoms. The van der Waals surface area contributed by atoms with Crippen LogP contribution in [0.5, 0.6) is 6.01 Å². The van der Waals surface area contributed by atoms with Crippen molar-refractivity contribution in [3.63, 3.8) is 0 Å². The number of amides is 1. The van der Waals surface area contributed by atoms with E-state index in [2.05, 4.69) is 26.8 Å². The van der Waals surface area contributed by atoms with Gasteiger partial charge in [-0.1, -0.05) is 44.5 Å². The molecule has 1 unspecified atom stereocenters. The van der Waals surface area contributed by atoms with Crippen LogP contribution in [-0.4, -0.2) is 81.1 Å². The number of aromatic nitrogens is 4. The molecule has 12 nitrogen and oxygen atoms in total. The fourth-order valence-corrected chi connectivity index (χ4v) is 4.96. The van der Waals surface area contributed by atoms with Gasteiger partial charge in [-0.3, -0.25) is 19.1 Å². The highest BCUT2D eigenvalue weighted by molar-refractivity contribution is 5.82. The summed E-state index contributed by atoms with van der Waals surface area (Å²) >= 11 is 0. The number of carbonyl (C=O) groups is 2. The number of aromatic amines is 1. The fraction of sp³-hybridized carbons (Fsp3) is 0.536. The van der Waals surface area contributed by atoms with Crippen LogP contribution in [0.4, 0.5) is 5.82 Å². The highest BCUT2D eigenvalue weighted by Gasteiger charge is 2.30. The number of esters is 1. The molecule has 0 aliphatic carbocycles. The second-order valence-corrected chi connectivity index (χ2v) is 10.2. The fourth-order valence-electron chi connectivity index (χ4n) is 4.96. The van der Waals surface area contributed by atoms with Crippen LogP contribution in [0.2, 0.25) is 0 Å². The smallest absolute Gasteiger partial charge is 0.328 e. The molecular weight excluding hydrogens is 514 g/mol. The number of ether oxygens (including phenoxy) is 2. The van der Waals surface area contributed by atoms with Crippen LogP contribution in [0.3, 0.4) is 0 Å². The van der Waals surface area contributed by atoms with Gasteiger partial charge >= 0.3 is 17.7 Å². The van der Waals surface area contributed by atoms with Crippen LogP contribution in [0.1, 0.15) is 56.7 Å². The third-order valence-electron chi connectivity index (χ3n) is 7.10. The van der Waals surface area contributed by atoms with E-state index in [4.69, 9.17) is 15.2 Å². The van der Waals surface area contributed by atoms with Gasteiger partial charge in [0, 0.05) is 26.2 Å². The Morgan fingerprint density at radius 2 is 1.90 bits per heavy atom. The van der Waals surface area contributed by atoms with Crippen molar-refractivity contribution >= 4 is 28.9 Å². The Labute approximate surface area is 233 Å². The predicted molar refractivity (Wildman–Crippen MR) is 151 cm³/mol. The lowest BCUT2D eigenvalue weighted by atomic mass is 10.1. The van der Waals surface area contributed by atoms with Gasteiger partial charge in [0.05, 0.1) is 32.7 Å². The van der Waals surface area contributed by atoms with Gasteiger partial charge < -0.3 is 25.1 Å². The van der Waals surface area contributed by atoms with Crippen molar-refractivity contribution in [2.24, 2.45) is 0 Å². The standard InChI is InChI=1S/C28H39N7O5/c1-4-6-14-40-27-31-25(29)24-26(32-27)35(28(38)30-24)21-11-13-33(17-21)18-22(36)34(12-5-2)16-20-9-7-19(8-10-20)15-23(37)39-3/h7-10,21H,4-6,11-18H2,1-3H3,(H,30,38)(H2,29,31,32). The Bertz CT molecular complexity index is 1370. The van der Waals surface area contributed by atoms with E-state index in [0.29, 0.717) is 50.4 Å². The van der Waals surface area contributed by atoms with Gasteiger partial charge in [-0.05, 0) is 30.4 Å². The molecule has 0 radical (unpaired) electrons. The first-order chi connectivity index (χ1) is 19.3. The summed E-state index contributed by atoms with van der Waals surface area (Å²) in [6.07, 6.45) is 3.59. The first-order valence-electron chi connectivity index (χ1n) is 13.9. The number of rotatable bonds is 13. The molecule has 1 aliphatic heterocycles. The quantitative estimate of drug-likeness (QED) is 0.240. The molecule has 1 saturated heterocycles. The highest BCUT2D eigenvalue weighted by Crippen LogP contribution is 2.26. The summed E-state index contributed by atoms with van der Waals surface area (Å²) in [6.45, 7) is 7.19. The minimum atomic E-state index is -0.303. The van der Waals surface area contributed by atoms with Gasteiger partial charge in [0.15, 0.2) is 11.5 Å². The number of nitrogen functional groups attached to an aromatic ring is 1. The maximum absolute atomic E-state index is 13.3. The normalized spacial score (nSPS) is 15.4. The number of hydrogen-bond acceptors (Lipinski definition) is 9. The van der Waals surface area contributed by atoms with Crippen LogP contribution in [0, 0.1) is 0 Å². The molecular formula is C28H39N7O5. The zero-order valence-electron chi connectivity index (χ0n) is 23.5. The summed E-state index contributed by atoms with van der Waals surface area (Å²) in [7, 11) is 1.37. The molecule has 0 saturated carbocycles. The van der Waals surface area contributed by atoms with Gasteiger partial charge in [0.1, 0.15) is 5.52 Å². The van der Waals surface area contributed by atoms with E-state index in [9.17, 15) is 14.4 Å². The molecule has 1 aromatic carbocycles. The van der Waals surface area contributed by atoms with Crippen molar-refractivity contribution in [2.75, 3.05) is 45.6 Å². The maximum Gasteiger partial charge on any atom is 0.328 e. The number of unbranched alkanes of at least 4 members (excludes halogenated alkanes) is 1. The number of benzene rings is 1. The van der Waals surface area contributed by atoms with E-state index in [-0.39, 0.29) is 48.4 Å². The second-order valence-electron chi connectivity index (χ2n) is 10.2. The van der Waals surface area contributed by atoms with Crippen molar-refractivity contribution in [3.05, 3.63) is 45.9 Å². The zero-order valence-corrected chi connectivity index (χ0v) is 23.5. The highest BCUT2D eigenvalue weighted by atomic mass is 16.5. The van der Waals surface area contributed by atoms with Crippen LogP contribution >= 0.6 is 0 Å². The van der Waals surface area contributed by atoms with E-state index < -0.39 is 0 Å². The Kier molecular flexibility index (Phi) is 9.75. The Hall–Kier alpha value is -3.93. The molecule has 40 heavy (non-hydrogen) atoms. The number of nitrogens with one attached hydrogen (secondary N) is 1. The number of hydrogen-bond donors (Lipinski definition) is 2. The Morgan fingerprint density at radius 3 is 2.60 bits per heavy atom. The molecule has 3 aromatic rings. The van der Waals surface area contributed by atoms with E-state index in [0.717, 1.165) is 30.4 Å². The van der Waals surface area contributed by atoms with Gasteiger partial charge in [-0.25, -0.2) is 4.79 Å². The van der Waals surface area contributed by atoms with E-state index in [1.807, 2.05) is 36.1 Å². The van der Waals surface area contributed by atoms with E-state index in [1.165, 1.54) is 7.11 Å². The summed E-state index contributed by atoms with van der Waals surface area (Å²) in [5, 5.41) is 0. The predicted octanol–water partition coefficient (Wildman–Crippen LogP) is 2.28. The van der Waals surface area contributed by atoms with Crippen LogP contribution in [0.15, 0.2) is 29.1 Å². The summed E-state index contributed by atoms with van der Waals surface area (Å²) in [5.41, 5.74) is 8.48. The topological polar surface area (TPSA) is 149 Å². The van der Waals surface area contributed by atoms with Gasteiger partial charge in [-0.15, -0.1) is 0 Å². The lowest BCUT2D eigenvalue weighted by Gasteiger charge is -2.25. The molecule has 3 N–H and O–H groups in total. The van der Waals surface area contributed by atoms with Crippen molar-refractivity contribution in [1.82, 2.24) is 29.3 Å². The molecule has 4 rings (SSSR count). The maximum atomic E-state index is 13.3. The van der Waals surface area contributed by atoms with Crippen molar-refractivity contribution in [2.45, 2.75) is 58.5 Å². The number of anilines is 1. The number of methoxy groups -OCH3 is 1. The minimum Gasteiger partial charge on any atom is -0.469 e. The minimum absolute atomic E-state index is 0.0330. The zero-order chi connectivity index (χ0) is 28.6. The SMILES string of the molecule is CCCCOc1nc(N)c2[nH]c(=O)n(C3CCN(CC(=O)N(CCC)Cc4ccc(CC(=O)OC)cc4)C3)c2n1. The Morgan fingerprint density at radius 1 is 1.15 bits per heavy atom. The third-order valence-corrected chi connectivity index (χ3v) is 7.10. The lowest BCUT2D eigenvalue weighted by molar-refractivity contribution is -0.139. The summed E-state index contributed by atoms with van der Waals surface area (Å²) in [5.74, 6) is -0.0810. The average molecular weight is 554 g/mol. The van der Waals surface area contributed by atoms with Crippen LogP contribution in [-0.2, 0) is 27.3 Å². The summed E-state index contributed by atoms with van der Waals surface area (Å²) in [6, 6.07) is 7.66. The summed E-state index contributed by atoms with van der Waals surface area (Å²) in [4.78, 5) is 53.1. The van der Waals surface area contributed by atoms with Gasteiger partial charge in [0.25, 0.3) is 0 Å². The van der Waals surface area contributed by atoms with Gasteiger partial charge in [0.2, 0.25) is 5.91 Å². The molecule has 1 amide bonds. The molecule has 12 heteroatoms. The number of imidazole rings is 1. The molecule has 2 aromatic heterocycles. The second kappa shape index (κ2) is 13.4. The third kappa shape index (κ3) is 6.98. The van der Waals surface area contributed by atoms with Crippen molar-refractivity contribution in [1.29, 1.82) is 0 Å². The number of H-pyrrole nitrogens is 1.